The summed E-state index contributed by atoms with van der Waals surface area (Å²) >= 11 is 1.42. The molecule has 1 saturated carbocycles. The quantitative estimate of drug-likeness (QED) is 0.906. The van der Waals surface area contributed by atoms with Crippen LogP contribution in [0.5, 0.6) is 0 Å². The first-order valence-corrected chi connectivity index (χ1v) is 9.56. The van der Waals surface area contributed by atoms with Gasteiger partial charge in [0.05, 0.1) is 5.92 Å². The van der Waals surface area contributed by atoms with Gasteiger partial charge in [-0.25, -0.2) is 0 Å². The van der Waals surface area contributed by atoms with Crippen LogP contribution in [-0.2, 0) is 16.0 Å². The van der Waals surface area contributed by atoms with Gasteiger partial charge in [0.15, 0.2) is 0 Å². The zero-order valence-electron chi connectivity index (χ0n) is 14.7. The van der Waals surface area contributed by atoms with Crippen molar-refractivity contribution in [3.05, 3.63) is 5.01 Å². The van der Waals surface area contributed by atoms with Crippen LogP contribution in [0.2, 0.25) is 0 Å². The molecule has 0 spiro atoms. The van der Waals surface area contributed by atoms with Crippen molar-refractivity contribution in [3.63, 3.8) is 0 Å². The van der Waals surface area contributed by atoms with Crippen molar-refractivity contribution in [2.75, 3.05) is 11.9 Å². The van der Waals surface area contributed by atoms with Crippen LogP contribution in [0.15, 0.2) is 0 Å². The fourth-order valence-corrected chi connectivity index (χ4v) is 4.56. The number of aromatic nitrogens is 2. The molecule has 2 fully saturated rings. The van der Waals surface area contributed by atoms with Crippen molar-refractivity contribution in [1.29, 1.82) is 0 Å². The molecule has 1 saturated heterocycles. The lowest BCUT2D eigenvalue weighted by Gasteiger charge is -2.23. The molecule has 1 aliphatic heterocycles. The molecule has 0 bridgehead atoms. The molecule has 1 aliphatic carbocycles. The van der Waals surface area contributed by atoms with Crippen molar-refractivity contribution in [2.24, 2.45) is 11.3 Å². The smallest absolute Gasteiger partial charge is 0.231 e. The van der Waals surface area contributed by atoms with Gasteiger partial charge in [0, 0.05) is 25.4 Å². The largest absolute Gasteiger partial charge is 0.339 e. The van der Waals surface area contributed by atoms with Crippen molar-refractivity contribution < 1.29 is 9.59 Å². The maximum absolute atomic E-state index is 12.5. The average Bonchev–Trinajstić information content (AvgIpc) is 3.17. The Labute approximate surface area is 147 Å². The van der Waals surface area contributed by atoms with E-state index in [0.717, 1.165) is 24.3 Å². The third-order valence-electron chi connectivity index (χ3n) is 4.67. The molecule has 6 nitrogen and oxygen atoms in total. The highest BCUT2D eigenvalue weighted by molar-refractivity contribution is 7.15. The minimum absolute atomic E-state index is 0.109. The number of likely N-dealkylation sites (tertiary alicyclic amines) is 1. The van der Waals surface area contributed by atoms with Crippen LogP contribution < -0.4 is 5.32 Å². The van der Waals surface area contributed by atoms with Crippen LogP contribution in [0.4, 0.5) is 5.13 Å². The van der Waals surface area contributed by atoms with Gasteiger partial charge in [0.1, 0.15) is 5.01 Å². The maximum atomic E-state index is 12.5. The first-order chi connectivity index (χ1) is 11.3. The summed E-state index contributed by atoms with van der Waals surface area (Å²) in [4.78, 5) is 26.6. The monoisotopic (exact) mass is 350 g/mol. The first-order valence-electron chi connectivity index (χ1n) is 8.74. The summed E-state index contributed by atoms with van der Waals surface area (Å²) in [6, 6.07) is 0.343. The van der Waals surface area contributed by atoms with E-state index < -0.39 is 0 Å². The van der Waals surface area contributed by atoms with Crippen molar-refractivity contribution >= 4 is 28.3 Å². The summed E-state index contributed by atoms with van der Waals surface area (Å²) in [5.41, 5.74) is 0.139. The zero-order chi connectivity index (χ0) is 17.3. The normalized spacial score (nSPS) is 22.4. The predicted molar refractivity (Wildman–Crippen MR) is 93.8 cm³/mol. The lowest BCUT2D eigenvalue weighted by molar-refractivity contribution is -0.129. The minimum atomic E-state index is -0.270. The van der Waals surface area contributed by atoms with E-state index in [2.05, 4.69) is 36.3 Å². The van der Waals surface area contributed by atoms with Crippen molar-refractivity contribution in [1.82, 2.24) is 15.1 Å². The molecule has 132 valence electrons. The topological polar surface area (TPSA) is 75.2 Å². The number of hydrogen-bond acceptors (Lipinski definition) is 5. The van der Waals surface area contributed by atoms with E-state index in [1.54, 1.807) is 0 Å². The third kappa shape index (κ3) is 4.12. The Morgan fingerprint density at radius 3 is 2.67 bits per heavy atom. The molecule has 0 aromatic carbocycles. The van der Waals surface area contributed by atoms with Crippen LogP contribution in [0.1, 0.15) is 57.9 Å². The van der Waals surface area contributed by atoms with Gasteiger partial charge < -0.3 is 10.2 Å². The minimum Gasteiger partial charge on any atom is -0.339 e. The van der Waals surface area contributed by atoms with E-state index in [4.69, 9.17) is 0 Å². The van der Waals surface area contributed by atoms with Gasteiger partial charge in [0.25, 0.3) is 0 Å². The summed E-state index contributed by atoms with van der Waals surface area (Å²) < 4.78 is 0. The Bertz CT molecular complexity index is 616. The molecule has 2 heterocycles. The van der Waals surface area contributed by atoms with Gasteiger partial charge in [-0.1, -0.05) is 44.9 Å². The number of amides is 2. The molecule has 7 heteroatoms. The molecule has 1 N–H and O–H groups in total. The third-order valence-corrected chi connectivity index (χ3v) is 5.51. The zero-order valence-corrected chi connectivity index (χ0v) is 15.5. The molecule has 2 amide bonds. The van der Waals surface area contributed by atoms with Crippen LogP contribution in [0, 0.1) is 11.3 Å². The second-order valence-corrected chi connectivity index (χ2v) is 9.18. The fraction of sp³-hybridized carbons (Fsp3) is 0.765. The highest BCUT2D eigenvalue weighted by Gasteiger charge is 2.38. The van der Waals surface area contributed by atoms with Gasteiger partial charge in [-0.3, -0.25) is 9.59 Å². The molecule has 1 aromatic heterocycles. The summed E-state index contributed by atoms with van der Waals surface area (Å²) in [5.74, 6) is -0.261. The van der Waals surface area contributed by atoms with Gasteiger partial charge >= 0.3 is 0 Å². The number of nitrogens with zero attached hydrogens (tertiary/aromatic N) is 3. The van der Waals surface area contributed by atoms with E-state index in [1.165, 1.54) is 24.2 Å². The number of rotatable bonds is 4. The van der Waals surface area contributed by atoms with Gasteiger partial charge in [-0.05, 0) is 18.3 Å². The summed E-state index contributed by atoms with van der Waals surface area (Å²) in [6.45, 7) is 6.99. The van der Waals surface area contributed by atoms with E-state index in [-0.39, 0.29) is 23.1 Å². The molecule has 0 radical (unpaired) electrons. The van der Waals surface area contributed by atoms with Crippen LogP contribution in [-0.4, -0.2) is 39.5 Å². The maximum Gasteiger partial charge on any atom is 0.231 e. The van der Waals surface area contributed by atoms with Crippen LogP contribution in [0.3, 0.4) is 0 Å². The molecule has 2 aliphatic rings. The number of anilines is 1. The van der Waals surface area contributed by atoms with Crippen molar-refractivity contribution in [2.45, 2.75) is 65.3 Å². The van der Waals surface area contributed by atoms with E-state index in [9.17, 15) is 9.59 Å². The lowest BCUT2D eigenvalue weighted by Crippen LogP contribution is -2.35. The van der Waals surface area contributed by atoms with E-state index in [0.29, 0.717) is 24.1 Å². The highest BCUT2D eigenvalue weighted by Crippen LogP contribution is 2.30. The molecule has 1 atom stereocenters. The van der Waals surface area contributed by atoms with Crippen molar-refractivity contribution in [3.8, 4) is 0 Å². The highest BCUT2D eigenvalue weighted by atomic mass is 32.1. The Morgan fingerprint density at radius 2 is 2.00 bits per heavy atom. The van der Waals surface area contributed by atoms with Gasteiger partial charge in [-0.15, -0.1) is 10.2 Å². The second-order valence-electron chi connectivity index (χ2n) is 8.11. The molecular formula is C17H26N4O2S. The van der Waals surface area contributed by atoms with Gasteiger partial charge in [-0.2, -0.15) is 0 Å². The SMILES string of the molecule is CC(C)(C)Cc1nnc(NC(=O)C2CC(=O)N(C3CCCC3)C2)s1. The summed E-state index contributed by atoms with van der Waals surface area (Å²) in [7, 11) is 0. The summed E-state index contributed by atoms with van der Waals surface area (Å²) in [5, 5.41) is 12.5. The lowest BCUT2D eigenvalue weighted by atomic mass is 9.93. The van der Waals surface area contributed by atoms with E-state index in [1.807, 2.05) is 4.90 Å². The fourth-order valence-electron chi connectivity index (χ4n) is 3.51. The first kappa shape index (κ1) is 17.3. The number of carbonyl (C=O) groups excluding carboxylic acids is 2. The molecule has 1 unspecified atom stereocenters. The second kappa shape index (κ2) is 6.78. The average molecular weight is 350 g/mol. The number of carbonyl (C=O) groups is 2. The Kier molecular flexibility index (Phi) is 4.90. The molecule has 24 heavy (non-hydrogen) atoms. The van der Waals surface area contributed by atoms with Gasteiger partial charge in [0.2, 0.25) is 16.9 Å². The number of nitrogens with one attached hydrogen (secondary N) is 1. The molecule has 3 rings (SSSR count). The number of hydrogen-bond donors (Lipinski definition) is 1. The standard InChI is InChI=1S/C17H26N4O2S/c1-17(2,3)9-13-19-20-16(24-13)18-15(23)11-8-14(22)21(10-11)12-6-4-5-7-12/h11-12H,4-10H2,1-3H3,(H,18,20,23). The Morgan fingerprint density at radius 1 is 1.29 bits per heavy atom. The summed E-state index contributed by atoms with van der Waals surface area (Å²) in [6.07, 6.45) is 5.67. The Hall–Kier alpha value is -1.50. The van der Waals surface area contributed by atoms with E-state index >= 15 is 0 Å². The molecular weight excluding hydrogens is 324 g/mol. The van der Waals surface area contributed by atoms with Crippen LogP contribution in [0.25, 0.3) is 0 Å². The predicted octanol–water partition coefficient (Wildman–Crippen LogP) is 2.86. The Balaban J connectivity index is 1.56. The molecule has 1 aromatic rings. The van der Waals surface area contributed by atoms with Crippen LogP contribution >= 0.6 is 11.3 Å².